The van der Waals surface area contributed by atoms with Crippen LogP contribution in [0.25, 0.3) is 0 Å². The number of anilines is 2. The maximum atomic E-state index is 13.5. The Morgan fingerprint density at radius 3 is 2.58 bits per heavy atom. The highest BCUT2D eigenvalue weighted by Crippen LogP contribution is 2.53. The molecule has 2 heterocycles. The second-order valence-corrected chi connectivity index (χ2v) is 11.1. The first-order valence-corrected chi connectivity index (χ1v) is 12.9. The summed E-state index contributed by atoms with van der Waals surface area (Å²) in [6.07, 6.45) is -0.0239. The second-order valence-electron chi connectivity index (χ2n) is 9.44. The first kappa shape index (κ1) is 25.2. The van der Waals surface area contributed by atoms with Crippen molar-refractivity contribution in [3.05, 3.63) is 50.2 Å². The quantitative estimate of drug-likeness (QED) is 0.415. The summed E-state index contributed by atoms with van der Waals surface area (Å²) in [5.41, 5.74) is -0.133. The summed E-state index contributed by atoms with van der Waals surface area (Å²) < 4.78 is 41.4. The summed E-state index contributed by atoms with van der Waals surface area (Å²) in [5, 5.41) is 10.5. The zero-order chi connectivity index (χ0) is 25.8. The Hall–Kier alpha value is -2.41. The number of hydrogen-bond acceptors (Lipinski definition) is 5. The van der Waals surface area contributed by atoms with E-state index in [-0.39, 0.29) is 33.5 Å². The molecule has 0 spiro atoms. The average Bonchev–Trinajstić information content (AvgIpc) is 3.73. The number of nitrogens with zero attached hydrogens (tertiary/aromatic N) is 3. The van der Waals surface area contributed by atoms with Crippen LogP contribution in [0.3, 0.4) is 0 Å². The van der Waals surface area contributed by atoms with Gasteiger partial charge < -0.3 is 10.6 Å². The Balaban J connectivity index is 1.44. The van der Waals surface area contributed by atoms with Crippen molar-refractivity contribution in [3.8, 4) is 0 Å². The molecule has 1 aromatic heterocycles. The fourth-order valence-corrected chi connectivity index (χ4v) is 5.61. The number of benzene rings is 1. The standard InChI is InChI=1S/C24H22ClF3IN5O2/c1-12-9-14(29)10-15(21(35)32-23(6-7-23)13-4-5-13)19(12)31-22(36)17-11-18(24(26,27)28)33-34(17)20-16(25)3-2-8-30-20/h2-3,8-10,13,17H,4-7,11H2,1H3,(H,31,36)(H,32,35). The summed E-state index contributed by atoms with van der Waals surface area (Å²) >= 11 is 8.25. The molecule has 0 radical (unpaired) electrons. The van der Waals surface area contributed by atoms with Crippen LogP contribution in [-0.4, -0.2) is 40.3 Å². The number of nitrogens with one attached hydrogen (secondary N) is 2. The number of rotatable bonds is 6. The molecule has 0 saturated heterocycles. The van der Waals surface area contributed by atoms with Crippen molar-refractivity contribution < 1.29 is 22.8 Å². The van der Waals surface area contributed by atoms with Gasteiger partial charge in [-0.25, -0.2) is 9.99 Å². The molecular weight excluding hydrogens is 610 g/mol. The first-order chi connectivity index (χ1) is 17.0. The van der Waals surface area contributed by atoms with E-state index < -0.39 is 30.3 Å². The molecule has 0 bridgehead atoms. The minimum absolute atomic E-state index is 0.0581. The van der Waals surface area contributed by atoms with Gasteiger partial charge in [0, 0.05) is 21.7 Å². The third-order valence-electron chi connectivity index (χ3n) is 6.80. The number of amides is 2. The number of aromatic nitrogens is 1. The van der Waals surface area contributed by atoms with Gasteiger partial charge in [-0.3, -0.25) is 9.59 Å². The molecule has 2 amide bonds. The van der Waals surface area contributed by atoms with E-state index in [0.29, 0.717) is 11.5 Å². The fraction of sp³-hybridized carbons (Fsp3) is 0.417. The van der Waals surface area contributed by atoms with E-state index in [1.807, 2.05) is 0 Å². The summed E-state index contributed by atoms with van der Waals surface area (Å²) in [5.74, 6) is -0.631. The Morgan fingerprint density at radius 2 is 1.97 bits per heavy atom. The van der Waals surface area contributed by atoms with E-state index in [0.717, 1.165) is 34.3 Å². The number of halogens is 5. The number of alkyl halides is 3. The van der Waals surface area contributed by atoms with Gasteiger partial charge in [-0.05, 0) is 90.9 Å². The summed E-state index contributed by atoms with van der Waals surface area (Å²) in [6, 6.07) is 5.09. The lowest BCUT2D eigenvalue weighted by Crippen LogP contribution is -2.41. The monoisotopic (exact) mass is 631 g/mol. The normalized spacial score (nSPS) is 20.7. The SMILES string of the molecule is Cc1cc(I)cc(C(=O)NC2(C3CC3)CC2)c1NC(=O)C1CC(C(F)(F)F)=NN1c1ncccc1Cl. The van der Waals surface area contributed by atoms with Gasteiger partial charge in [0.1, 0.15) is 11.8 Å². The lowest BCUT2D eigenvalue weighted by molar-refractivity contribution is -0.117. The number of hydrazone groups is 1. The van der Waals surface area contributed by atoms with Gasteiger partial charge in [-0.15, -0.1) is 0 Å². The van der Waals surface area contributed by atoms with Crippen LogP contribution in [0.2, 0.25) is 5.02 Å². The number of pyridine rings is 1. The van der Waals surface area contributed by atoms with Gasteiger partial charge in [0.25, 0.3) is 5.91 Å². The largest absolute Gasteiger partial charge is 0.431 e. The summed E-state index contributed by atoms with van der Waals surface area (Å²) in [7, 11) is 0. The molecule has 3 aliphatic rings. The van der Waals surface area contributed by atoms with Gasteiger partial charge in [0.2, 0.25) is 5.91 Å². The number of hydrogen-bond donors (Lipinski definition) is 2. The van der Waals surface area contributed by atoms with Crippen LogP contribution in [0.15, 0.2) is 35.6 Å². The van der Waals surface area contributed by atoms with Crippen LogP contribution in [0.5, 0.6) is 0 Å². The number of aryl methyl sites for hydroxylation is 1. The Bertz CT molecular complexity index is 1280. The molecule has 190 valence electrons. The molecular formula is C24H22ClF3IN5O2. The van der Waals surface area contributed by atoms with Crippen molar-refractivity contribution in [1.82, 2.24) is 10.3 Å². The van der Waals surface area contributed by atoms with Crippen LogP contribution >= 0.6 is 34.2 Å². The maximum absolute atomic E-state index is 13.5. The molecule has 1 aromatic carbocycles. The first-order valence-electron chi connectivity index (χ1n) is 11.5. The number of carbonyl (C=O) groups excluding carboxylic acids is 2. The molecule has 36 heavy (non-hydrogen) atoms. The van der Waals surface area contributed by atoms with Crippen molar-refractivity contribution in [2.24, 2.45) is 11.0 Å². The van der Waals surface area contributed by atoms with Gasteiger partial charge >= 0.3 is 6.18 Å². The molecule has 2 saturated carbocycles. The average molecular weight is 632 g/mol. The molecule has 12 heteroatoms. The third-order valence-corrected chi connectivity index (χ3v) is 7.72. The third kappa shape index (κ3) is 4.91. The molecule has 2 aliphatic carbocycles. The van der Waals surface area contributed by atoms with Crippen LogP contribution in [-0.2, 0) is 4.79 Å². The topological polar surface area (TPSA) is 86.7 Å². The summed E-state index contributed by atoms with van der Waals surface area (Å²) in [6.45, 7) is 1.74. The van der Waals surface area contributed by atoms with Crippen LogP contribution in [0.1, 0.15) is 48.0 Å². The predicted molar refractivity (Wildman–Crippen MR) is 138 cm³/mol. The molecule has 2 N–H and O–H groups in total. The second kappa shape index (κ2) is 9.16. The van der Waals surface area contributed by atoms with E-state index in [9.17, 15) is 22.8 Å². The highest BCUT2D eigenvalue weighted by Gasteiger charge is 2.55. The minimum Gasteiger partial charge on any atom is -0.346 e. The van der Waals surface area contributed by atoms with Crippen molar-refractivity contribution in [2.75, 3.05) is 10.3 Å². The van der Waals surface area contributed by atoms with E-state index >= 15 is 0 Å². The van der Waals surface area contributed by atoms with E-state index in [1.165, 1.54) is 18.3 Å². The fourth-order valence-electron chi connectivity index (χ4n) is 4.62. The van der Waals surface area contributed by atoms with E-state index in [4.69, 9.17) is 11.6 Å². The zero-order valence-electron chi connectivity index (χ0n) is 19.1. The lowest BCUT2D eigenvalue weighted by atomic mass is 10.0. The maximum Gasteiger partial charge on any atom is 0.431 e. The summed E-state index contributed by atoms with van der Waals surface area (Å²) in [4.78, 5) is 30.7. The van der Waals surface area contributed by atoms with Gasteiger partial charge in [0.15, 0.2) is 5.82 Å². The zero-order valence-corrected chi connectivity index (χ0v) is 22.0. The van der Waals surface area contributed by atoms with Crippen molar-refractivity contribution in [2.45, 2.75) is 56.8 Å². The smallest absolute Gasteiger partial charge is 0.346 e. The van der Waals surface area contributed by atoms with Crippen LogP contribution in [0, 0.1) is 16.4 Å². The molecule has 5 rings (SSSR count). The molecule has 1 atom stereocenters. The van der Waals surface area contributed by atoms with Gasteiger partial charge in [0.05, 0.1) is 16.3 Å². The Morgan fingerprint density at radius 1 is 1.25 bits per heavy atom. The van der Waals surface area contributed by atoms with E-state index in [2.05, 4.69) is 43.3 Å². The predicted octanol–water partition coefficient (Wildman–Crippen LogP) is 5.46. The molecule has 7 nitrogen and oxygen atoms in total. The minimum atomic E-state index is -4.72. The van der Waals surface area contributed by atoms with Crippen molar-refractivity contribution >= 4 is 63.2 Å². The molecule has 2 fully saturated rings. The van der Waals surface area contributed by atoms with Crippen molar-refractivity contribution in [1.29, 1.82) is 0 Å². The van der Waals surface area contributed by atoms with Crippen LogP contribution < -0.4 is 15.6 Å². The number of carbonyl (C=O) groups is 2. The highest BCUT2D eigenvalue weighted by atomic mass is 127. The van der Waals surface area contributed by atoms with Crippen LogP contribution in [0.4, 0.5) is 24.7 Å². The Kier molecular flexibility index (Phi) is 6.42. The lowest BCUT2D eigenvalue weighted by Gasteiger charge is -2.24. The molecule has 1 aliphatic heterocycles. The van der Waals surface area contributed by atoms with Gasteiger partial charge in [-0.2, -0.15) is 18.3 Å². The molecule has 1 unspecified atom stereocenters. The van der Waals surface area contributed by atoms with Crippen molar-refractivity contribution in [3.63, 3.8) is 0 Å². The van der Waals surface area contributed by atoms with Gasteiger partial charge in [-0.1, -0.05) is 11.6 Å². The highest BCUT2D eigenvalue weighted by molar-refractivity contribution is 14.1. The molecule has 2 aromatic rings. The van der Waals surface area contributed by atoms with E-state index in [1.54, 1.807) is 19.1 Å². The Labute approximate surface area is 224 Å².